The number of carbonyl (C=O) groups excluding carboxylic acids is 1. The molecular weight excluding hydrogens is 530 g/mol. The number of hydrazine groups is 2. The number of benzene rings is 1. The lowest BCUT2D eigenvalue weighted by molar-refractivity contribution is 0.0923. The van der Waals surface area contributed by atoms with Crippen molar-refractivity contribution >= 4 is 33.0 Å². The molecular formula is C21H22F2N8O4S2. The van der Waals surface area contributed by atoms with E-state index in [-0.39, 0.29) is 17.2 Å². The molecule has 16 heteroatoms. The summed E-state index contributed by atoms with van der Waals surface area (Å²) in [6.45, 7) is 2.46. The molecule has 3 aromatic rings. The molecule has 3 heterocycles. The minimum Gasteiger partial charge on any atom is -0.477 e. The van der Waals surface area contributed by atoms with Crippen molar-refractivity contribution in [3.8, 4) is 16.5 Å². The van der Waals surface area contributed by atoms with Gasteiger partial charge in [-0.05, 0) is 24.6 Å². The first kappa shape index (κ1) is 26.2. The Morgan fingerprint density at radius 1 is 1.27 bits per heavy atom. The Labute approximate surface area is 214 Å². The molecule has 37 heavy (non-hydrogen) atoms. The van der Waals surface area contributed by atoms with Gasteiger partial charge in [0.15, 0.2) is 5.01 Å². The normalized spacial score (nSPS) is 13.9. The van der Waals surface area contributed by atoms with E-state index in [0.717, 1.165) is 11.3 Å². The average molecular weight is 553 g/mol. The first-order chi connectivity index (χ1) is 17.7. The number of thiazole rings is 1. The van der Waals surface area contributed by atoms with Gasteiger partial charge in [-0.15, -0.1) is 16.9 Å². The van der Waals surface area contributed by atoms with Crippen LogP contribution in [0.1, 0.15) is 28.3 Å². The van der Waals surface area contributed by atoms with Crippen LogP contribution in [0.25, 0.3) is 10.6 Å². The number of nitrogens with zero attached hydrogens (tertiary/aromatic N) is 4. The quantitative estimate of drug-likeness (QED) is 0.279. The van der Waals surface area contributed by atoms with E-state index in [0.29, 0.717) is 28.6 Å². The van der Waals surface area contributed by atoms with Gasteiger partial charge in [-0.1, -0.05) is 12.1 Å². The maximum Gasteiger partial charge on any atom is 0.355 e. The molecule has 0 aliphatic carbocycles. The van der Waals surface area contributed by atoms with Gasteiger partial charge in [-0.25, -0.2) is 18.4 Å². The lowest BCUT2D eigenvalue weighted by Gasteiger charge is -2.25. The fourth-order valence-electron chi connectivity index (χ4n) is 3.25. The second-order valence-electron chi connectivity index (χ2n) is 7.49. The Balaban J connectivity index is 1.55. The minimum absolute atomic E-state index is 0.0654. The number of anilines is 1. The summed E-state index contributed by atoms with van der Waals surface area (Å²) >= 11 is 1.10. The van der Waals surface area contributed by atoms with Crippen LogP contribution in [-0.2, 0) is 10.0 Å². The largest absolute Gasteiger partial charge is 0.477 e. The van der Waals surface area contributed by atoms with Crippen molar-refractivity contribution in [3.05, 3.63) is 65.8 Å². The Morgan fingerprint density at radius 3 is 2.84 bits per heavy atom. The summed E-state index contributed by atoms with van der Waals surface area (Å²) in [5, 5.41) is 4.66. The van der Waals surface area contributed by atoms with Crippen LogP contribution in [0.2, 0.25) is 0 Å². The molecule has 12 nitrogen and oxygen atoms in total. The molecule has 0 bridgehead atoms. The smallest absolute Gasteiger partial charge is 0.355 e. The summed E-state index contributed by atoms with van der Waals surface area (Å²) < 4.78 is 56.1. The zero-order chi connectivity index (χ0) is 26.4. The number of halogens is 2. The van der Waals surface area contributed by atoms with Crippen LogP contribution in [0.3, 0.4) is 0 Å². The van der Waals surface area contributed by atoms with Gasteiger partial charge in [0, 0.05) is 24.3 Å². The van der Waals surface area contributed by atoms with Gasteiger partial charge in [0.25, 0.3) is 15.9 Å². The molecule has 196 valence electrons. The lowest BCUT2D eigenvalue weighted by atomic mass is 10.1. The summed E-state index contributed by atoms with van der Waals surface area (Å²) in [5.74, 6) is -3.74. The number of alkyl halides is 2. The topological polar surface area (TPSA) is 150 Å². The van der Waals surface area contributed by atoms with E-state index in [9.17, 15) is 22.0 Å². The van der Waals surface area contributed by atoms with Crippen molar-refractivity contribution in [2.45, 2.75) is 18.7 Å². The third-order valence-electron chi connectivity index (χ3n) is 4.87. The Bertz CT molecular complexity index is 1390. The first-order valence-corrected chi connectivity index (χ1v) is 13.2. The average Bonchev–Trinajstić information content (AvgIpc) is 3.56. The number of hydrogen-bond donors (Lipinski definition) is 4. The van der Waals surface area contributed by atoms with E-state index < -0.39 is 27.7 Å². The summed E-state index contributed by atoms with van der Waals surface area (Å²) in [7, 11) is -4.86. The Hall–Kier alpha value is -3.89. The molecule has 0 saturated heterocycles. The van der Waals surface area contributed by atoms with Crippen LogP contribution >= 0.6 is 11.3 Å². The maximum atomic E-state index is 13.1. The molecule has 2 aromatic heterocycles. The van der Waals surface area contributed by atoms with E-state index in [1.165, 1.54) is 36.8 Å². The summed E-state index contributed by atoms with van der Waals surface area (Å²) in [5.41, 5.74) is 6.53. The molecule has 0 unspecified atom stereocenters. The number of amides is 1. The van der Waals surface area contributed by atoms with Gasteiger partial charge < -0.3 is 15.5 Å². The van der Waals surface area contributed by atoms with Crippen molar-refractivity contribution in [1.29, 1.82) is 0 Å². The van der Waals surface area contributed by atoms with Gasteiger partial charge in [0.05, 0.1) is 36.5 Å². The van der Waals surface area contributed by atoms with E-state index >= 15 is 0 Å². The molecule has 1 amide bonds. The van der Waals surface area contributed by atoms with Crippen LogP contribution in [0.5, 0.6) is 5.88 Å². The number of carbonyl (C=O) groups is 1. The van der Waals surface area contributed by atoms with Gasteiger partial charge in [0.1, 0.15) is 5.69 Å². The molecule has 4 rings (SSSR count). The molecule has 1 aliphatic rings. The van der Waals surface area contributed by atoms with E-state index in [2.05, 4.69) is 31.2 Å². The molecule has 0 radical (unpaired) electrons. The molecule has 4 N–H and O–H groups in total. The van der Waals surface area contributed by atoms with Crippen molar-refractivity contribution in [2.24, 2.45) is 0 Å². The fraction of sp³-hybridized carbons (Fsp3) is 0.238. The maximum absolute atomic E-state index is 13.1. The monoisotopic (exact) mass is 552 g/mol. The SMILES string of the molecule is CCOc1cncc(-c2cnc(C(=O)N[C@H](CN3C=CNN3)c3cccc(NS(=O)(=O)C(F)F)c3)s2)n1. The molecule has 1 atom stereocenters. The Morgan fingerprint density at radius 2 is 2.11 bits per heavy atom. The van der Waals surface area contributed by atoms with Crippen molar-refractivity contribution in [2.75, 3.05) is 17.9 Å². The molecule has 0 fully saturated rings. The van der Waals surface area contributed by atoms with E-state index in [1.807, 2.05) is 11.6 Å². The third kappa shape index (κ3) is 6.66. The van der Waals surface area contributed by atoms with Gasteiger partial charge in [-0.3, -0.25) is 19.5 Å². The molecule has 1 aromatic carbocycles. The van der Waals surface area contributed by atoms with Crippen LogP contribution < -0.4 is 25.7 Å². The van der Waals surface area contributed by atoms with Crippen LogP contribution in [0, 0.1) is 0 Å². The minimum atomic E-state index is -4.86. The Kier molecular flexibility index (Phi) is 8.10. The van der Waals surface area contributed by atoms with Crippen LogP contribution in [0.4, 0.5) is 14.5 Å². The molecule has 0 saturated carbocycles. The summed E-state index contributed by atoms with van der Waals surface area (Å²) in [6, 6.07) is 5.16. The van der Waals surface area contributed by atoms with Crippen LogP contribution in [0.15, 0.2) is 55.3 Å². The first-order valence-electron chi connectivity index (χ1n) is 10.8. The van der Waals surface area contributed by atoms with Crippen molar-refractivity contribution in [3.63, 3.8) is 0 Å². The number of ether oxygens (including phenoxy) is 1. The molecule has 0 spiro atoms. The lowest BCUT2D eigenvalue weighted by Crippen LogP contribution is -2.42. The second kappa shape index (κ2) is 11.4. The van der Waals surface area contributed by atoms with Gasteiger partial charge in [0.2, 0.25) is 5.88 Å². The van der Waals surface area contributed by atoms with E-state index in [1.54, 1.807) is 23.5 Å². The zero-order valence-corrected chi connectivity index (χ0v) is 20.9. The highest BCUT2D eigenvalue weighted by molar-refractivity contribution is 7.93. The number of rotatable bonds is 11. The fourth-order valence-corrected chi connectivity index (χ4v) is 4.57. The third-order valence-corrected chi connectivity index (χ3v) is 6.88. The predicted molar refractivity (Wildman–Crippen MR) is 132 cm³/mol. The van der Waals surface area contributed by atoms with Crippen molar-refractivity contribution < 1.29 is 26.7 Å². The number of sulfonamides is 1. The number of nitrogens with one attached hydrogen (secondary N) is 4. The second-order valence-corrected chi connectivity index (χ2v) is 10.2. The van der Waals surface area contributed by atoms with Crippen LogP contribution in [-0.4, -0.2) is 53.2 Å². The van der Waals surface area contributed by atoms with Crippen molar-refractivity contribution in [1.82, 2.24) is 36.2 Å². The zero-order valence-electron chi connectivity index (χ0n) is 19.3. The summed E-state index contributed by atoms with van der Waals surface area (Å²) in [4.78, 5) is 26.4. The number of aromatic nitrogens is 3. The highest BCUT2D eigenvalue weighted by Crippen LogP contribution is 2.27. The summed E-state index contributed by atoms with van der Waals surface area (Å²) in [6.07, 6.45) is 7.84. The highest BCUT2D eigenvalue weighted by atomic mass is 32.2. The highest BCUT2D eigenvalue weighted by Gasteiger charge is 2.25. The standard InChI is InChI=1S/C21H22F2N8O4S2/c1-2-35-18-11-24-9-15(27-18)17-10-25-20(36-17)19(32)28-16(12-31-7-6-26-30-31)13-4-3-5-14(8-13)29-37(33,34)21(22)23/h3-11,16,21,26,29-30H,2,12H2,1H3,(H,28,32)/t16-/m1/s1. The van der Waals surface area contributed by atoms with Gasteiger partial charge in [-0.2, -0.15) is 8.78 Å². The number of hydrogen-bond acceptors (Lipinski definition) is 11. The van der Waals surface area contributed by atoms with E-state index in [4.69, 9.17) is 4.74 Å². The predicted octanol–water partition coefficient (Wildman–Crippen LogP) is 2.23. The van der Waals surface area contributed by atoms with Gasteiger partial charge >= 0.3 is 5.76 Å². The molecule has 1 aliphatic heterocycles.